The summed E-state index contributed by atoms with van der Waals surface area (Å²) in [4.78, 5) is 0. The number of nitrogens with one attached hydrogen (secondary N) is 1. The van der Waals surface area contributed by atoms with Crippen molar-refractivity contribution in [2.24, 2.45) is 0 Å². The monoisotopic (exact) mass is 182 g/mol. The zero-order valence-corrected chi connectivity index (χ0v) is 7.70. The van der Waals surface area contributed by atoms with Crippen molar-refractivity contribution in [1.29, 1.82) is 5.26 Å². The molecule has 14 heavy (non-hydrogen) atoms. The Hall–Kier alpha value is -2.01. The number of dihydropyridines is 1. The molecule has 0 aliphatic carbocycles. The zero-order valence-electron chi connectivity index (χ0n) is 7.70. The van der Waals surface area contributed by atoms with Crippen LogP contribution in [-0.4, -0.2) is 0 Å². The summed E-state index contributed by atoms with van der Waals surface area (Å²) < 4.78 is 0. The molecule has 68 valence electrons. The molecule has 2 rings (SSSR count). The molecule has 0 bridgehead atoms. The van der Waals surface area contributed by atoms with Crippen molar-refractivity contribution in [3.63, 3.8) is 0 Å². The molecule has 0 atom stereocenters. The van der Waals surface area contributed by atoms with Gasteiger partial charge < -0.3 is 5.32 Å². The van der Waals surface area contributed by atoms with E-state index in [9.17, 15) is 0 Å². The largest absolute Gasteiger partial charge is 0.362 e. The fraction of sp³-hybridized carbons (Fsp3) is 0.0833. The van der Waals surface area contributed by atoms with Crippen molar-refractivity contribution in [2.45, 2.75) is 6.42 Å². The molecular formula is C12H10N2. The van der Waals surface area contributed by atoms with Gasteiger partial charge in [0.2, 0.25) is 0 Å². The van der Waals surface area contributed by atoms with Crippen LogP contribution >= 0.6 is 0 Å². The first kappa shape index (κ1) is 8.58. The van der Waals surface area contributed by atoms with E-state index in [-0.39, 0.29) is 0 Å². The van der Waals surface area contributed by atoms with Gasteiger partial charge >= 0.3 is 0 Å². The maximum absolute atomic E-state index is 8.93. The summed E-state index contributed by atoms with van der Waals surface area (Å²) >= 11 is 0. The van der Waals surface area contributed by atoms with Gasteiger partial charge in [0.15, 0.2) is 0 Å². The lowest BCUT2D eigenvalue weighted by Crippen LogP contribution is -2.07. The highest BCUT2D eigenvalue weighted by Crippen LogP contribution is 2.18. The third kappa shape index (κ3) is 1.53. The van der Waals surface area contributed by atoms with Crippen molar-refractivity contribution in [3.05, 3.63) is 53.7 Å². The normalized spacial score (nSPS) is 14.1. The maximum Gasteiger partial charge on any atom is 0.0998 e. The minimum absolute atomic E-state index is 0.710. The molecule has 1 aliphatic heterocycles. The second-order valence-corrected chi connectivity index (χ2v) is 3.06. The van der Waals surface area contributed by atoms with Crippen molar-refractivity contribution in [2.75, 3.05) is 0 Å². The lowest BCUT2D eigenvalue weighted by Gasteiger charge is -2.11. The smallest absolute Gasteiger partial charge is 0.0998 e. The summed E-state index contributed by atoms with van der Waals surface area (Å²) in [6.45, 7) is 0. The molecule has 0 fully saturated rings. The highest BCUT2D eigenvalue weighted by Gasteiger charge is 2.06. The number of benzene rings is 1. The van der Waals surface area contributed by atoms with Gasteiger partial charge in [0, 0.05) is 11.3 Å². The number of hydrogen-bond acceptors (Lipinski definition) is 2. The molecule has 0 amide bonds. The van der Waals surface area contributed by atoms with Gasteiger partial charge in [0.25, 0.3) is 0 Å². The molecule has 0 radical (unpaired) electrons. The molecule has 1 heterocycles. The van der Waals surface area contributed by atoms with Crippen LogP contribution in [0.4, 0.5) is 0 Å². The van der Waals surface area contributed by atoms with Gasteiger partial charge in [-0.1, -0.05) is 30.4 Å². The third-order valence-electron chi connectivity index (χ3n) is 2.15. The average Bonchev–Trinajstić information content (AvgIpc) is 2.30. The number of allylic oxidation sites excluding steroid dienone is 2. The quantitative estimate of drug-likeness (QED) is 0.723. The number of rotatable bonds is 1. The Morgan fingerprint density at radius 2 is 2.14 bits per heavy atom. The maximum atomic E-state index is 8.93. The predicted molar refractivity (Wildman–Crippen MR) is 56.0 cm³/mol. The summed E-state index contributed by atoms with van der Waals surface area (Å²) in [6, 6.07) is 9.79. The van der Waals surface area contributed by atoms with Crippen LogP contribution in [0.2, 0.25) is 0 Å². The molecule has 1 aromatic carbocycles. The van der Waals surface area contributed by atoms with Crippen molar-refractivity contribution in [1.82, 2.24) is 5.32 Å². The highest BCUT2D eigenvalue weighted by atomic mass is 14.9. The SMILES string of the molecule is N#Cc1ccccc1C1=CCC=CN1. The summed E-state index contributed by atoms with van der Waals surface area (Å²) in [5.41, 5.74) is 2.70. The highest BCUT2D eigenvalue weighted by molar-refractivity contribution is 5.70. The fourth-order valence-electron chi connectivity index (χ4n) is 1.46. The Morgan fingerprint density at radius 3 is 2.86 bits per heavy atom. The number of hydrogen-bond donors (Lipinski definition) is 1. The molecule has 1 aliphatic rings. The first-order chi connectivity index (χ1) is 6.92. The van der Waals surface area contributed by atoms with Gasteiger partial charge in [-0.3, -0.25) is 0 Å². The minimum atomic E-state index is 0.710. The topological polar surface area (TPSA) is 35.8 Å². The Bertz CT molecular complexity index is 436. The summed E-state index contributed by atoms with van der Waals surface area (Å²) in [7, 11) is 0. The molecule has 0 saturated heterocycles. The summed E-state index contributed by atoms with van der Waals surface area (Å²) in [6.07, 6.45) is 6.94. The van der Waals surface area contributed by atoms with Crippen LogP contribution in [0.5, 0.6) is 0 Å². The van der Waals surface area contributed by atoms with Gasteiger partial charge in [0.1, 0.15) is 0 Å². The van der Waals surface area contributed by atoms with Crippen molar-refractivity contribution >= 4 is 5.70 Å². The van der Waals surface area contributed by atoms with E-state index < -0.39 is 0 Å². The molecule has 0 aromatic heterocycles. The Balaban J connectivity index is 2.41. The molecule has 1 N–H and O–H groups in total. The van der Waals surface area contributed by atoms with Gasteiger partial charge in [0.05, 0.1) is 11.6 Å². The molecule has 0 spiro atoms. The van der Waals surface area contributed by atoms with Crippen LogP contribution in [0.3, 0.4) is 0 Å². The second-order valence-electron chi connectivity index (χ2n) is 3.06. The Morgan fingerprint density at radius 1 is 1.29 bits per heavy atom. The van der Waals surface area contributed by atoms with E-state index in [4.69, 9.17) is 5.26 Å². The summed E-state index contributed by atoms with van der Waals surface area (Å²) in [5, 5.41) is 12.1. The average molecular weight is 182 g/mol. The standard InChI is InChI=1S/C12H10N2/c13-9-10-5-1-2-6-11(10)12-7-3-4-8-14-12/h1-2,4-8,14H,3H2. The van der Waals surface area contributed by atoms with Gasteiger partial charge in [-0.15, -0.1) is 0 Å². The van der Waals surface area contributed by atoms with Crippen LogP contribution in [0, 0.1) is 11.3 Å². The van der Waals surface area contributed by atoms with Crippen molar-refractivity contribution < 1.29 is 0 Å². The molecule has 0 unspecified atom stereocenters. The van der Waals surface area contributed by atoms with E-state index in [1.54, 1.807) is 0 Å². The fourth-order valence-corrected chi connectivity index (χ4v) is 1.46. The third-order valence-corrected chi connectivity index (χ3v) is 2.15. The minimum Gasteiger partial charge on any atom is -0.362 e. The molecular weight excluding hydrogens is 172 g/mol. The van der Waals surface area contributed by atoms with Gasteiger partial charge in [-0.05, 0) is 18.7 Å². The number of nitrogens with zero attached hydrogens (tertiary/aromatic N) is 1. The zero-order chi connectivity index (χ0) is 9.80. The van der Waals surface area contributed by atoms with Crippen LogP contribution in [-0.2, 0) is 0 Å². The van der Waals surface area contributed by atoms with E-state index in [1.165, 1.54) is 0 Å². The van der Waals surface area contributed by atoms with Crippen LogP contribution in [0.25, 0.3) is 5.70 Å². The van der Waals surface area contributed by atoms with Crippen LogP contribution < -0.4 is 5.32 Å². The van der Waals surface area contributed by atoms with Gasteiger partial charge in [-0.2, -0.15) is 5.26 Å². The Labute approximate surface area is 83.2 Å². The molecule has 2 nitrogen and oxygen atoms in total. The van der Waals surface area contributed by atoms with E-state index in [0.717, 1.165) is 17.7 Å². The molecule has 2 heteroatoms. The van der Waals surface area contributed by atoms with E-state index >= 15 is 0 Å². The molecule has 1 aromatic rings. The summed E-state index contributed by atoms with van der Waals surface area (Å²) in [5.74, 6) is 0. The Kier molecular flexibility index (Phi) is 2.33. The predicted octanol–water partition coefficient (Wildman–Crippen LogP) is 2.41. The van der Waals surface area contributed by atoms with E-state index in [1.807, 2.05) is 36.5 Å². The van der Waals surface area contributed by atoms with E-state index in [0.29, 0.717) is 5.56 Å². The number of nitriles is 1. The lowest BCUT2D eigenvalue weighted by atomic mass is 10.0. The van der Waals surface area contributed by atoms with Crippen molar-refractivity contribution in [3.8, 4) is 6.07 Å². The first-order valence-corrected chi connectivity index (χ1v) is 4.53. The van der Waals surface area contributed by atoms with Crippen LogP contribution in [0.1, 0.15) is 17.5 Å². The lowest BCUT2D eigenvalue weighted by molar-refractivity contribution is 1.13. The van der Waals surface area contributed by atoms with E-state index in [2.05, 4.69) is 17.5 Å². The first-order valence-electron chi connectivity index (χ1n) is 4.53. The molecule has 0 saturated carbocycles. The second kappa shape index (κ2) is 3.80. The van der Waals surface area contributed by atoms with Crippen LogP contribution in [0.15, 0.2) is 42.6 Å². The van der Waals surface area contributed by atoms with Gasteiger partial charge in [-0.25, -0.2) is 0 Å².